The second-order valence-corrected chi connectivity index (χ2v) is 11.3. The number of benzene rings is 1. The zero-order valence-electron chi connectivity index (χ0n) is 13.1. The van der Waals surface area contributed by atoms with Crippen LogP contribution in [0.15, 0.2) is 42.9 Å². The summed E-state index contributed by atoms with van der Waals surface area (Å²) in [6.07, 6.45) is 13.6. The zero-order chi connectivity index (χ0) is 16.9. The standard InChI is InChI=1S/C18H18N3P3/c1-2-17(7-8-17)14-5-3-12(4-6-14)13-9-19-15-10-20-16(18(22,23)24)21(15)11-13/h1,3-6,9-11H,7-8,22-24H2. The Bertz CT molecular complexity index is 958. The maximum atomic E-state index is 5.68. The molecule has 2 aromatic heterocycles. The SMILES string of the molecule is C#CC1(c2ccc(-c3cnc4cnc(C(P)(P)P)n4c3)cc2)CC1. The van der Waals surface area contributed by atoms with E-state index in [1.807, 2.05) is 10.6 Å². The van der Waals surface area contributed by atoms with Crippen molar-refractivity contribution in [1.82, 2.24) is 14.4 Å². The summed E-state index contributed by atoms with van der Waals surface area (Å²) >= 11 is 0. The fourth-order valence-corrected chi connectivity index (χ4v) is 3.62. The van der Waals surface area contributed by atoms with Crippen LogP contribution < -0.4 is 0 Å². The van der Waals surface area contributed by atoms with Crippen molar-refractivity contribution >= 4 is 33.4 Å². The molecule has 2 heterocycles. The van der Waals surface area contributed by atoms with E-state index < -0.39 is 0 Å². The molecule has 0 bridgehead atoms. The van der Waals surface area contributed by atoms with Gasteiger partial charge in [0, 0.05) is 18.0 Å². The summed E-state index contributed by atoms with van der Waals surface area (Å²) in [4.78, 5) is 9.01. The van der Waals surface area contributed by atoms with Gasteiger partial charge in [0.15, 0.2) is 5.65 Å². The maximum absolute atomic E-state index is 5.68. The first-order chi connectivity index (χ1) is 11.4. The lowest BCUT2D eigenvalue weighted by Gasteiger charge is -2.16. The van der Waals surface area contributed by atoms with Gasteiger partial charge in [-0.25, -0.2) is 9.97 Å². The first-order valence-corrected chi connectivity index (χ1v) is 9.45. The highest BCUT2D eigenvalue weighted by Crippen LogP contribution is 2.48. The second kappa shape index (κ2) is 5.61. The van der Waals surface area contributed by atoms with E-state index in [1.165, 1.54) is 5.56 Å². The summed E-state index contributed by atoms with van der Waals surface area (Å²) < 4.78 is 1.75. The van der Waals surface area contributed by atoms with Gasteiger partial charge >= 0.3 is 0 Å². The Hall–Kier alpha value is -1.31. The van der Waals surface area contributed by atoms with Crippen molar-refractivity contribution in [2.75, 3.05) is 0 Å². The molecule has 3 aromatic rings. The summed E-state index contributed by atoms with van der Waals surface area (Å²) in [6, 6.07) is 8.54. The van der Waals surface area contributed by atoms with Gasteiger partial charge in [0.05, 0.1) is 16.3 Å². The Morgan fingerprint density at radius 2 is 1.75 bits per heavy atom. The zero-order valence-corrected chi connectivity index (χ0v) is 16.6. The smallest absolute Gasteiger partial charge is 0.156 e. The highest BCUT2D eigenvalue weighted by molar-refractivity contribution is 7.56. The first kappa shape index (κ1) is 16.2. The molecule has 1 aliphatic rings. The molecule has 0 radical (unpaired) electrons. The number of imidazole rings is 1. The van der Waals surface area contributed by atoms with Crippen LogP contribution in [0.1, 0.15) is 24.2 Å². The molecule has 3 unspecified atom stereocenters. The predicted molar refractivity (Wildman–Crippen MR) is 109 cm³/mol. The molecule has 3 atom stereocenters. The molecule has 0 amide bonds. The van der Waals surface area contributed by atoms with Gasteiger partial charge in [-0.05, 0) is 24.0 Å². The van der Waals surface area contributed by atoms with Gasteiger partial charge in [0.1, 0.15) is 5.82 Å². The molecule has 6 heteroatoms. The number of hydrogen-bond donors (Lipinski definition) is 0. The van der Waals surface area contributed by atoms with Gasteiger partial charge in [-0.3, -0.25) is 4.40 Å². The summed E-state index contributed by atoms with van der Waals surface area (Å²) in [7, 11) is 8.30. The molecule has 0 N–H and O–H groups in total. The molecule has 3 nitrogen and oxygen atoms in total. The van der Waals surface area contributed by atoms with Gasteiger partial charge in [-0.15, -0.1) is 34.1 Å². The van der Waals surface area contributed by atoms with Crippen LogP contribution in [-0.4, -0.2) is 14.4 Å². The highest BCUT2D eigenvalue weighted by Gasteiger charge is 2.42. The Balaban J connectivity index is 1.75. The lowest BCUT2D eigenvalue weighted by Crippen LogP contribution is -2.05. The lowest BCUT2D eigenvalue weighted by molar-refractivity contribution is 0.931. The largest absolute Gasteiger partial charge is 0.286 e. The Labute approximate surface area is 148 Å². The van der Waals surface area contributed by atoms with Crippen LogP contribution in [-0.2, 0) is 10.1 Å². The van der Waals surface area contributed by atoms with Crippen molar-refractivity contribution in [2.45, 2.75) is 22.9 Å². The van der Waals surface area contributed by atoms with Crippen molar-refractivity contribution < 1.29 is 0 Å². The van der Waals surface area contributed by atoms with Crippen molar-refractivity contribution in [3.8, 4) is 23.5 Å². The summed E-state index contributed by atoms with van der Waals surface area (Å²) in [5.74, 6) is 3.85. The van der Waals surface area contributed by atoms with E-state index in [9.17, 15) is 0 Å². The van der Waals surface area contributed by atoms with Crippen molar-refractivity contribution in [3.63, 3.8) is 0 Å². The lowest BCUT2D eigenvalue weighted by atomic mass is 9.95. The monoisotopic (exact) mass is 369 g/mol. The number of rotatable bonds is 3. The van der Waals surface area contributed by atoms with E-state index in [-0.39, 0.29) is 10.1 Å². The molecule has 4 rings (SSSR count). The summed E-state index contributed by atoms with van der Waals surface area (Å²) in [6.45, 7) is 0. The normalized spacial score (nSPS) is 16.1. The van der Waals surface area contributed by atoms with Gasteiger partial charge < -0.3 is 0 Å². The van der Waals surface area contributed by atoms with E-state index in [2.05, 4.69) is 74.1 Å². The molecule has 1 fully saturated rings. The van der Waals surface area contributed by atoms with Gasteiger partial charge in [-0.2, -0.15) is 0 Å². The van der Waals surface area contributed by atoms with Crippen LogP contribution in [0.5, 0.6) is 0 Å². The van der Waals surface area contributed by atoms with E-state index in [1.54, 1.807) is 6.20 Å². The van der Waals surface area contributed by atoms with E-state index in [4.69, 9.17) is 6.42 Å². The summed E-state index contributed by atoms with van der Waals surface area (Å²) in [5, 5.41) is 0. The minimum Gasteiger partial charge on any atom is -0.286 e. The van der Waals surface area contributed by atoms with Gasteiger partial charge in [0.2, 0.25) is 0 Å². The fraction of sp³-hybridized carbons (Fsp3) is 0.222. The highest BCUT2D eigenvalue weighted by atomic mass is 31.1. The molecule has 0 spiro atoms. The van der Waals surface area contributed by atoms with Crippen molar-refractivity contribution in [3.05, 3.63) is 54.2 Å². The average molecular weight is 369 g/mol. The molecular formula is C18H18N3P3. The third-order valence-electron chi connectivity index (χ3n) is 4.57. The van der Waals surface area contributed by atoms with Crippen LogP contribution >= 0.6 is 27.7 Å². The van der Waals surface area contributed by atoms with E-state index in [0.29, 0.717) is 0 Å². The number of fused-ring (bicyclic) bond motifs is 1. The number of terminal acetylenes is 1. The molecule has 0 saturated heterocycles. The third kappa shape index (κ3) is 2.68. The number of hydrogen-bond acceptors (Lipinski definition) is 2. The quantitative estimate of drug-likeness (QED) is 0.519. The Morgan fingerprint density at radius 1 is 1.04 bits per heavy atom. The molecule has 1 aromatic carbocycles. The van der Waals surface area contributed by atoms with Crippen molar-refractivity contribution in [1.29, 1.82) is 0 Å². The Morgan fingerprint density at radius 3 is 2.33 bits per heavy atom. The molecule has 1 saturated carbocycles. The minimum absolute atomic E-state index is 0.0177. The second-order valence-electron chi connectivity index (χ2n) is 6.39. The van der Waals surface area contributed by atoms with Gasteiger partial charge in [-0.1, -0.05) is 30.2 Å². The first-order valence-electron chi connectivity index (χ1n) is 7.72. The average Bonchev–Trinajstić information content (AvgIpc) is 3.25. The molecule has 1 aliphatic carbocycles. The molecule has 0 aliphatic heterocycles. The third-order valence-corrected chi connectivity index (χ3v) is 5.34. The number of aromatic nitrogens is 3. The van der Waals surface area contributed by atoms with Crippen molar-refractivity contribution in [2.24, 2.45) is 0 Å². The fourth-order valence-electron chi connectivity index (χ4n) is 2.98. The van der Waals surface area contributed by atoms with Crippen LogP contribution in [0.25, 0.3) is 16.8 Å². The predicted octanol–water partition coefficient (Wildman–Crippen LogP) is 3.80. The van der Waals surface area contributed by atoms with E-state index >= 15 is 0 Å². The molecular weight excluding hydrogens is 351 g/mol. The Kier molecular flexibility index (Phi) is 3.78. The minimum atomic E-state index is -0.276. The summed E-state index contributed by atoms with van der Waals surface area (Å²) in [5.41, 5.74) is 4.25. The topological polar surface area (TPSA) is 30.2 Å². The van der Waals surface area contributed by atoms with Crippen LogP contribution in [0.3, 0.4) is 0 Å². The van der Waals surface area contributed by atoms with Gasteiger partial charge in [0.25, 0.3) is 0 Å². The maximum Gasteiger partial charge on any atom is 0.156 e. The molecule has 120 valence electrons. The van der Waals surface area contributed by atoms with Crippen LogP contribution in [0.2, 0.25) is 0 Å². The van der Waals surface area contributed by atoms with E-state index in [0.717, 1.165) is 35.4 Å². The number of nitrogens with zero attached hydrogens (tertiary/aromatic N) is 3. The molecule has 24 heavy (non-hydrogen) atoms. The van der Waals surface area contributed by atoms with Crippen LogP contribution in [0.4, 0.5) is 0 Å². The van der Waals surface area contributed by atoms with Crippen LogP contribution in [0, 0.1) is 12.3 Å².